The normalized spacial score (nSPS) is 11.4. The van der Waals surface area contributed by atoms with E-state index in [4.69, 9.17) is 0 Å². The zero-order valence-corrected chi connectivity index (χ0v) is 20.8. The number of nitrogens with zero attached hydrogens (tertiary/aromatic N) is 5. The molecule has 3 heterocycles. The van der Waals surface area contributed by atoms with Crippen molar-refractivity contribution in [1.29, 1.82) is 5.26 Å². The minimum atomic E-state index is -0.635. The van der Waals surface area contributed by atoms with Crippen LogP contribution in [0.15, 0.2) is 71.8 Å². The second-order valence-electron chi connectivity index (χ2n) is 9.23. The van der Waals surface area contributed by atoms with Gasteiger partial charge in [-0.3, -0.25) is 19.4 Å². The predicted octanol–water partition coefficient (Wildman–Crippen LogP) is 4.92. The SMILES string of the molecule is COC(=O)Nc1ccc(-c2ccc3ncc4c(c3c2)n(-c2ccc(C(C)(C)C#N)cc2)c(=O)n4C)cn1. The maximum absolute atomic E-state index is 13.4. The summed E-state index contributed by atoms with van der Waals surface area (Å²) in [4.78, 5) is 33.7. The third-order valence-electron chi connectivity index (χ3n) is 6.52. The number of carbonyl (C=O) groups excluding carboxylic acids is 1. The van der Waals surface area contributed by atoms with E-state index in [2.05, 4.69) is 26.1 Å². The largest absolute Gasteiger partial charge is 0.453 e. The molecule has 0 aliphatic rings. The minimum absolute atomic E-state index is 0.193. The molecular weight excluding hydrogens is 468 g/mol. The third kappa shape index (κ3) is 4.08. The van der Waals surface area contributed by atoms with E-state index in [-0.39, 0.29) is 5.69 Å². The average Bonchev–Trinajstić information content (AvgIpc) is 3.18. The number of anilines is 1. The lowest BCUT2D eigenvalue weighted by molar-refractivity contribution is 0.187. The number of nitrogens with one attached hydrogen (secondary N) is 1. The van der Waals surface area contributed by atoms with Crippen LogP contribution in [0, 0.1) is 11.3 Å². The van der Waals surface area contributed by atoms with Crippen LogP contribution < -0.4 is 11.0 Å². The fourth-order valence-electron chi connectivity index (χ4n) is 4.30. The van der Waals surface area contributed by atoms with Gasteiger partial charge in [-0.15, -0.1) is 0 Å². The van der Waals surface area contributed by atoms with Crippen molar-refractivity contribution in [3.8, 4) is 22.9 Å². The van der Waals surface area contributed by atoms with Crippen LogP contribution in [-0.2, 0) is 17.2 Å². The van der Waals surface area contributed by atoms with E-state index in [1.54, 1.807) is 34.6 Å². The van der Waals surface area contributed by atoms with E-state index in [0.717, 1.165) is 33.1 Å². The zero-order valence-electron chi connectivity index (χ0n) is 20.8. The van der Waals surface area contributed by atoms with Crippen molar-refractivity contribution >= 4 is 33.8 Å². The average molecular weight is 493 g/mol. The molecule has 1 amide bonds. The number of nitriles is 1. The van der Waals surface area contributed by atoms with Crippen molar-refractivity contribution in [2.24, 2.45) is 7.05 Å². The molecule has 0 radical (unpaired) electrons. The Bertz CT molecular complexity index is 1760. The topological polar surface area (TPSA) is 115 Å². The summed E-state index contributed by atoms with van der Waals surface area (Å²) < 4.78 is 7.86. The van der Waals surface area contributed by atoms with Crippen LogP contribution in [0.5, 0.6) is 0 Å². The number of aryl methyl sites for hydroxylation is 1. The van der Waals surface area contributed by atoms with Gasteiger partial charge in [-0.1, -0.05) is 18.2 Å². The fourth-order valence-corrected chi connectivity index (χ4v) is 4.30. The lowest BCUT2D eigenvalue weighted by Gasteiger charge is -2.16. The van der Waals surface area contributed by atoms with Gasteiger partial charge in [-0.25, -0.2) is 14.6 Å². The molecule has 0 aliphatic heterocycles. The number of hydrogen-bond acceptors (Lipinski definition) is 6. The Morgan fingerprint density at radius 3 is 2.41 bits per heavy atom. The van der Waals surface area contributed by atoms with Crippen molar-refractivity contribution in [3.63, 3.8) is 0 Å². The number of carbonyl (C=O) groups is 1. The number of hydrogen-bond donors (Lipinski definition) is 1. The third-order valence-corrected chi connectivity index (χ3v) is 6.52. The molecular formula is C28H24N6O3. The Balaban J connectivity index is 1.66. The predicted molar refractivity (Wildman–Crippen MR) is 142 cm³/mol. The summed E-state index contributed by atoms with van der Waals surface area (Å²) in [5, 5.41) is 12.8. The maximum Gasteiger partial charge on any atom is 0.412 e. The highest BCUT2D eigenvalue weighted by Crippen LogP contribution is 2.30. The molecule has 5 aromatic rings. The first-order valence-electron chi connectivity index (χ1n) is 11.6. The van der Waals surface area contributed by atoms with Gasteiger partial charge < -0.3 is 4.74 Å². The van der Waals surface area contributed by atoms with Gasteiger partial charge >= 0.3 is 11.8 Å². The monoisotopic (exact) mass is 492 g/mol. The quantitative estimate of drug-likeness (QED) is 0.381. The van der Waals surface area contributed by atoms with Gasteiger partial charge in [0.15, 0.2) is 0 Å². The maximum atomic E-state index is 13.4. The van der Waals surface area contributed by atoms with Crippen molar-refractivity contribution in [3.05, 3.63) is 83.0 Å². The van der Waals surface area contributed by atoms with Crippen molar-refractivity contribution in [2.75, 3.05) is 12.4 Å². The lowest BCUT2D eigenvalue weighted by atomic mass is 9.86. The molecule has 9 nitrogen and oxygen atoms in total. The molecule has 1 N–H and O–H groups in total. The van der Waals surface area contributed by atoms with Crippen LogP contribution in [0.25, 0.3) is 38.8 Å². The summed E-state index contributed by atoms with van der Waals surface area (Å²) >= 11 is 0. The molecule has 0 spiro atoms. The molecule has 0 aliphatic carbocycles. The van der Waals surface area contributed by atoms with Crippen LogP contribution >= 0.6 is 0 Å². The molecule has 0 saturated heterocycles. The summed E-state index contributed by atoms with van der Waals surface area (Å²) in [6, 6.07) is 19.2. The number of fused-ring (bicyclic) bond motifs is 3. The number of amides is 1. The molecule has 0 atom stereocenters. The van der Waals surface area contributed by atoms with Gasteiger partial charge in [-0.05, 0) is 61.4 Å². The first-order chi connectivity index (χ1) is 17.7. The van der Waals surface area contributed by atoms with Gasteiger partial charge in [0.2, 0.25) is 0 Å². The Kier molecular flexibility index (Phi) is 5.72. The second-order valence-corrected chi connectivity index (χ2v) is 9.23. The highest BCUT2D eigenvalue weighted by atomic mass is 16.5. The molecule has 37 heavy (non-hydrogen) atoms. The first kappa shape index (κ1) is 23.8. The van der Waals surface area contributed by atoms with Crippen LogP contribution in [0.4, 0.5) is 10.6 Å². The van der Waals surface area contributed by atoms with E-state index in [1.165, 1.54) is 7.11 Å². The summed E-state index contributed by atoms with van der Waals surface area (Å²) in [7, 11) is 3.01. The van der Waals surface area contributed by atoms with Crippen LogP contribution in [0.2, 0.25) is 0 Å². The lowest BCUT2D eigenvalue weighted by Crippen LogP contribution is -2.21. The van der Waals surface area contributed by atoms with E-state index < -0.39 is 11.5 Å². The van der Waals surface area contributed by atoms with E-state index in [9.17, 15) is 14.9 Å². The minimum Gasteiger partial charge on any atom is -0.453 e. The first-order valence-corrected chi connectivity index (χ1v) is 11.6. The Hall–Kier alpha value is -4.97. The summed E-state index contributed by atoms with van der Waals surface area (Å²) in [6.45, 7) is 3.72. The molecule has 0 bridgehead atoms. The Morgan fingerprint density at radius 2 is 1.76 bits per heavy atom. The number of aromatic nitrogens is 4. The van der Waals surface area contributed by atoms with E-state index in [0.29, 0.717) is 17.0 Å². The molecule has 3 aromatic heterocycles. The number of pyridine rings is 2. The van der Waals surface area contributed by atoms with Gasteiger partial charge in [0.1, 0.15) is 5.82 Å². The summed E-state index contributed by atoms with van der Waals surface area (Å²) in [5.74, 6) is 0.375. The van der Waals surface area contributed by atoms with Crippen LogP contribution in [0.3, 0.4) is 0 Å². The number of rotatable bonds is 4. The number of methoxy groups -OCH3 is 1. The molecule has 2 aromatic carbocycles. The van der Waals surface area contributed by atoms with Crippen molar-refractivity contribution in [2.45, 2.75) is 19.3 Å². The summed E-state index contributed by atoms with van der Waals surface area (Å²) in [6.07, 6.45) is 2.77. The molecule has 0 fully saturated rings. The number of ether oxygens (including phenoxy) is 1. The highest BCUT2D eigenvalue weighted by Gasteiger charge is 2.21. The molecule has 0 unspecified atom stereocenters. The molecule has 9 heteroatoms. The highest BCUT2D eigenvalue weighted by molar-refractivity contribution is 6.04. The van der Waals surface area contributed by atoms with E-state index >= 15 is 0 Å². The molecule has 5 rings (SSSR count). The smallest absolute Gasteiger partial charge is 0.412 e. The molecule has 184 valence electrons. The Labute approximate surface area is 212 Å². The van der Waals surface area contributed by atoms with Crippen LogP contribution in [0.1, 0.15) is 19.4 Å². The van der Waals surface area contributed by atoms with Crippen LogP contribution in [-0.4, -0.2) is 32.3 Å². The van der Waals surface area contributed by atoms with E-state index in [1.807, 2.05) is 62.4 Å². The fraction of sp³-hybridized carbons (Fsp3) is 0.179. The second kappa shape index (κ2) is 8.91. The van der Waals surface area contributed by atoms with Gasteiger partial charge in [0, 0.05) is 24.2 Å². The van der Waals surface area contributed by atoms with Gasteiger partial charge in [-0.2, -0.15) is 5.26 Å². The summed E-state index contributed by atoms with van der Waals surface area (Å²) in [5.41, 5.74) is 4.65. The molecule has 0 saturated carbocycles. The van der Waals surface area contributed by atoms with Crippen molar-refractivity contribution < 1.29 is 9.53 Å². The van der Waals surface area contributed by atoms with Crippen molar-refractivity contribution in [1.82, 2.24) is 19.1 Å². The number of benzene rings is 2. The Morgan fingerprint density at radius 1 is 1.03 bits per heavy atom. The van der Waals surface area contributed by atoms with Gasteiger partial charge in [0.05, 0.1) is 47.0 Å². The standard InChI is InChI=1S/C28H24N6O3/c1-28(2,16-29)19-7-9-20(10-8-19)34-25-21-13-17(18-6-12-24(31-14-18)32-26(35)37-4)5-11-22(21)30-15-23(25)33(3)27(34)36/h5-15H,1-4H3,(H,31,32,35). The van der Waals surface area contributed by atoms with Gasteiger partial charge in [0.25, 0.3) is 0 Å². The number of imidazole rings is 1. The zero-order chi connectivity index (χ0) is 26.3.